The molecule has 2 rings (SSSR count). The van der Waals surface area contributed by atoms with Gasteiger partial charge in [0.15, 0.2) is 11.5 Å². The highest BCUT2D eigenvalue weighted by molar-refractivity contribution is 5.79. The number of nitrogens with zero attached hydrogens (tertiary/aromatic N) is 1. The number of carbonyl (C=O) groups excluding carboxylic acids is 2. The molecular weight excluding hydrogens is 356 g/mol. The van der Waals surface area contributed by atoms with Crippen molar-refractivity contribution in [1.29, 1.82) is 0 Å². The van der Waals surface area contributed by atoms with Gasteiger partial charge in [0, 0.05) is 31.5 Å². The van der Waals surface area contributed by atoms with Gasteiger partial charge >= 0.3 is 0 Å². The predicted molar refractivity (Wildman–Crippen MR) is 110 cm³/mol. The van der Waals surface area contributed by atoms with E-state index in [9.17, 15) is 9.59 Å². The van der Waals surface area contributed by atoms with Crippen molar-refractivity contribution in [1.82, 2.24) is 10.2 Å². The summed E-state index contributed by atoms with van der Waals surface area (Å²) in [6.07, 6.45) is 4.54. The maximum absolute atomic E-state index is 12.6. The molecule has 0 bridgehead atoms. The van der Waals surface area contributed by atoms with Gasteiger partial charge in [-0.05, 0) is 49.8 Å². The first-order valence-corrected chi connectivity index (χ1v) is 10.3. The monoisotopic (exact) mass is 390 g/mol. The van der Waals surface area contributed by atoms with Crippen LogP contribution in [-0.2, 0) is 16.0 Å². The van der Waals surface area contributed by atoms with Gasteiger partial charge in [0.1, 0.15) is 0 Å². The molecule has 1 aromatic rings. The van der Waals surface area contributed by atoms with Crippen molar-refractivity contribution in [2.75, 3.05) is 27.3 Å². The van der Waals surface area contributed by atoms with E-state index in [4.69, 9.17) is 9.47 Å². The standard InChI is InChI=1S/C22H34N2O4/c1-5-17(6-2)22(26)23-18-11-13-24(14-12-18)21(25)10-8-16-7-9-19(27-3)20(15-16)28-4/h7,9,15,17-18H,5-6,8,10-14H2,1-4H3,(H,23,26). The van der Waals surface area contributed by atoms with Gasteiger partial charge in [0.25, 0.3) is 0 Å². The topological polar surface area (TPSA) is 67.9 Å². The van der Waals surface area contributed by atoms with E-state index < -0.39 is 0 Å². The Morgan fingerprint density at radius 2 is 1.75 bits per heavy atom. The van der Waals surface area contributed by atoms with Crippen LogP contribution in [0.3, 0.4) is 0 Å². The van der Waals surface area contributed by atoms with Crippen LogP contribution in [0.1, 0.15) is 51.5 Å². The number of rotatable bonds is 9. The second kappa shape index (κ2) is 10.9. The summed E-state index contributed by atoms with van der Waals surface area (Å²) in [7, 11) is 3.22. The number of hydrogen-bond donors (Lipinski definition) is 1. The summed E-state index contributed by atoms with van der Waals surface area (Å²) in [5.41, 5.74) is 1.05. The number of amides is 2. The number of aryl methyl sites for hydroxylation is 1. The molecule has 1 aliphatic heterocycles. The number of carbonyl (C=O) groups is 2. The van der Waals surface area contributed by atoms with Crippen LogP contribution in [0, 0.1) is 5.92 Å². The summed E-state index contributed by atoms with van der Waals surface area (Å²) in [5, 5.41) is 3.16. The molecule has 1 fully saturated rings. The first kappa shape index (κ1) is 22.1. The molecule has 1 saturated heterocycles. The second-order valence-electron chi connectivity index (χ2n) is 7.37. The first-order chi connectivity index (χ1) is 13.5. The van der Waals surface area contributed by atoms with Crippen LogP contribution in [0.2, 0.25) is 0 Å². The third-order valence-electron chi connectivity index (χ3n) is 5.63. The Kier molecular flexibility index (Phi) is 8.61. The van der Waals surface area contributed by atoms with Crippen molar-refractivity contribution in [2.24, 2.45) is 5.92 Å². The molecule has 1 N–H and O–H groups in total. The lowest BCUT2D eigenvalue weighted by molar-refractivity contribution is -0.132. The van der Waals surface area contributed by atoms with Crippen molar-refractivity contribution >= 4 is 11.8 Å². The van der Waals surface area contributed by atoms with Gasteiger partial charge in [-0.15, -0.1) is 0 Å². The quantitative estimate of drug-likeness (QED) is 0.703. The Labute approximate surface area is 168 Å². The van der Waals surface area contributed by atoms with Gasteiger partial charge in [0.05, 0.1) is 14.2 Å². The molecule has 0 atom stereocenters. The van der Waals surface area contributed by atoms with Gasteiger partial charge in [-0.3, -0.25) is 9.59 Å². The summed E-state index contributed by atoms with van der Waals surface area (Å²) >= 11 is 0. The number of likely N-dealkylation sites (tertiary alicyclic amines) is 1. The number of nitrogens with one attached hydrogen (secondary N) is 1. The smallest absolute Gasteiger partial charge is 0.223 e. The second-order valence-corrected chi connectivity index (χ2v) is 7.37. The van der Waals surface area contributed by atoms with Gasteiger partial charge < -0.3 is 19.7 Å². The molecule has 1 aromatic carbocycles. The van der Waals surface area contributed by atoms with Crippen molar-refractivity contribution in [3.8, 4) is 11.5 Å². The lowest BCUT2D eigenvalue weighted by Crippen LogP contribution is -2.47. The lowest BCUT2D eigenvalue weighted by Gasteiger charge is -2.33. The molecule has 6 heteroatoms. The largest absolute Gasteiger partial charge is 0.493 e. The molecule has 6 nitrogen and oxygen atoms in total. The van der Waals surface area contributed by atoms with E-state index in [2.05, 4.69) is 5.32 Å². The Morgan fingerprint density at radius 1 is 1.11 bits per heavy atom. The highest BCUT2D eigenvalue weighted by Crippen LogP contribution is 2.28. The summed E-state index contributed by atoms with van der Waals surface area (Å²) in [5.74, 6) is 1.79. The summed E-state index contributed by atoms with van der Waals surface area (Å²) < 4.78 is 10.6. The van der Waals surface area contributed by atoms with Crippen molar-refractivity contribution in [2.45, 2.75) is 58.4 Å². The summed E-state index contributed by atoms with van der Waals surface area (Å²) in [6, 6.07) is 5.94. The van der Waals surface area contributed by atoms with E-state index in [1.54, 1.807) is 14.2 Å². The average molecular weight is 391 g/mol. The third kappa shape index (κ3) is 5.88. The third-order valence-corrected chi connectivity index (χ3v) is 5.63. The van der Waals surface area contributed by atoms with Crippen molar-refractivity contribution < 1.29 is 19.1 Å². The summed E-state index contributed by atoms with van der Waals surface area (Å²) in [4.78, 5) is 26.7. The molecule has 0 unspecified atom stereocenters. The van der Waals surface area contributed by atoms with E-state index in [-0.39, 0.29) is 23.8 Å². The number of benzene rings is 1. The molecule has 156 valence electrons. The lowest BCUT2D eigenvalue weighted by atomic mass is 9.99. The zero-order valence-corrected chi connectivity index (χ0v) is 17.6. The Morgan fingerprint density at radius 3 is 2.32 bits per heavy atom. The Hall–Kier alpha value is -2.24. The van der Waals surface area contributed by atoms with E-state index in [0.717, 1.165) is 31.2 Å². The SMILES string of the molecule is CCC(CC)C(=O)NC1CCN(C(=O)CCc2ccc(OC)c(OC)c2)CC1. The normalized spacial score (nSPS) is 14.8. The minimum atomic E-state index is 0.0983. The minimum absolute atomic E-state index is 0.0983. The molecule has 1 aliphatic rings. The zero-order chi connectivity index (χ0) is 20.5. The average Bonchev–Trinajstić information content (AvgIpc) is 2.73. The number of methoxy groups -OCH3 is 2. The first-order valence-electron chi connectivity index (χ1n) is 10.3. The molecule has 2 amide bonds. The maximum atomic E-state index is 12.6. The Bertz CT molecular complexity index is 650. The van der Waals surface area contributed by atoms with Crippen molar-refractivity contribution in [3.63, 3.8) is 0 Å². The molecule has 28 heavy (non-hydrogen) atoms. The number of hydrogen-bond acceptors (Lipinski definition) is 4. The highest BCUT2D eigenvalue weighted by Gasteiger charge is 2.25. The maximum Gasteiger partial charge on any atom is 0.223 e. The summed E-state index contributed by atoms with van der Waals surface area (Å²) in [6.45, 7) is 5.51. The fourth-order valence-electron chi connectivity index (χ4n) is 3.70. The molecular formula is C22H34N2O4. The van der Waals surface area contributed by atoms with E-state index in [1.165, 1.54) is 0 Å². The van der Waals surface area contributed by atoms with Crippen LogP contribution in [0.15, 0.2) is 18.2 Å². The number of ether oxygens (including phenoxy) is 2. The fourth-order valence-corrected chi connectivity index (χ4v) is 3.70. The highest BCUT2D eigenvalue weighted by atomic mass is 16.5. The van der Waals surface area contributed by atoms with Crippen LogP contribution in [0.4, 0.5) is 0 Å². The van der Waals surface area contributed by atoms with Crippen LogP contribution in [-0.4, -0.2) is 50.1 Å². The van der Waals surface area contributed by atoms with E-state index in [1.807, 2.05) is 36.9 Å². The van der Waals surface area contributed by atoms with Crippen LogP contribution in [0.25, 0.3) is 0 Å². The molecule has 0 aliphatic carbocycles. The van der Waals surface area contributed by atoms with Crippen molar-refractivity contribution in [3.05, 3.63) is 23.8 Å². The molecule has 1 heterocycles. The molecule has 0 radical (unpaired) electrons. The van der Waals surface area contributed by atoms with E-state index in [0.29, 0.717) is 37.4 Å². The van der Waals surface area contributed by atoms with Crippen LogP contribution in [0.5, 0.6) is 11.5 Å². The zero-order valence-electron chi connectivity index (χ0n) is 17.6. The minimum Gasteiger partial charge on any atom is -0.493 e. The van der Waals surface area contributed by atoms with Crippen LogP contribution < -0.4 is 14.8 Å². The van der Waals surface area contributed by atoms with Gasteiger partial charge in [0.2, 0.25) is 11.8 Å². The van der Waals surface area contributed by atoms with E-state index >= 15 is 0 Å². The fraction of sp³-hybridized carbons (Fsp3) is 0.636. The Balaban J connectivity index is 1.78. The number of piperidine rings is 1. The molecule has 0 aromatic heterocycles. The molecule has 0 saturated carbocycles. The predicted octanol–water partition coefficient (Wildman–Crippen LogP) is 3.18. The van der Waals surface area contributed by atoms with Gasteiger partial charge in [-0.1, -0.05) is 19.9 Å². The van der Waals surface area contributed by atoms with Gasteiger partial charge in [-0.2, -0.15) is 0 Å². The van der Waals surface area contributed by atoms with Gasteiger partial charge in [-0.25, -0.2) is 0 Å². The van der Waals surface area contributed by atoms with Crippen LogP contribution >= 0.6 is 0 Å². The molecule has 0 spiro atoms.